The molecule has 0 aromatic heterocycles. The van der Waals surface area contributed by atoms with Crippen LogP contribution in [0.5, 0.6) is 0 Å². The van der Waals surface area contributed by atoms with Gasteiger partial charge in [0.05, 0.1) is 0 Å². The molecular weight excluding hydrogens is 214 g/mol. The summed E-state index contributed by atoms with van der Waals surface area (Å²) >= 11 is 2.03. The van der Waals surface area contributed by atoms with E-state index in [1.165, 1.54) is 36.3 Å². The van der Waals surface area contributed by atoms with E-state index in [2.05, 4.69) is 24.4 Å². The van der Waals surface area contributed by atoms with Gasteiger partial charge in [-0.1, -0.05) is 13.0 Å². The lowest BCUT2D eigenvalue weighted by molar-refractivity contribution is 0.578. The Hall–Kier alpha value is -0.470. The third-order valence-corrected chi connectivity index (χ3v) is 4.81. The first-order valence-electron chi connectivity index (χ1n) is 6.40. The molecule has 1 aliphatic heterocycles. The Morgan fingerprint density at radius 3 is 2.94 bits per heavy atom. The van der Waals surface area contributed by atoms with E-state index in [1.54, 1.807) is 16.7 Å². The predicted octanol–water partition coefficient (Wildman–Crippen LogP) is 3.32. The average molecular weight is 233 g/mol. The van der Waals surface area contributed by atoms with Crippen LogP contribution in [-0.4, -0.2) is 12.3 Å². The van der Waals surface area contributed by atoms with E-state index >= 15 is 0 Å². The van der Waals surface area contributed by atoms with Crippen LogP contribution in [-0.2, 0) is 12.8 Å². The highest BCUT2D eigenvalue weighted by molar-refractivity contribution is 7.99. The van der Waals surface area contributed by atoms with E-state index in [9.17, 15) is 0 Å². The molecule has 1 N–H and O–H groups in total. The summed E-state index contributed by atoms with van der Waals surface area (Å²) in [5, 5.41) is 3.66. The molecule has 1 unspecified atom stereocenters. The highest BCUT2D eigenvalue weighted by Crippen LogP contribution is 2.41. The van der Waals surface area contributed by atoms with Crippen LogP contribution in [0.25, 0.3) is 0 Å². The van der Waals surface area contributed by atoms with Crippen molar-refractivity contribution in [1.29, 1.82) is 0 Å². The molecule has 0 fully saturated rings. The minimum atomic E-state index is 0.603. The van der Waals surface area contributed by atoms with Crippen molar-refractivity contribution in [2.75, 3.05) is 12.3 Å². The lowest BCUT2D eigenvalue weighted by atomic mass is 10.0. The van der Waals surface area contributed by atoms with E-state index < -0.39 is 0 Å². The molecule has 0 saturated heterocycles. The molecule has 0 radical (unpaired) electrons. The van der Waals surface area contributed by atoms with E-state index in [0.717, 1.165) is 6.54 Å². The van der Waals surface area contributed by atoms with Crippen LogP contribution in [0.15, 0.2) is 17.0 Å². The smallest absolute Gasteiger partial charge is 0.0426 e. The van der Waals surface area contributed by atoms with Gasteiger partial charge in [-0.15, -0.1) is 11.8 Å². The topological polar surface area (TPSA) is 12.0 Å². The van der Waals surface area contributed by atoms with Gasteiger partial charge in [0.15, 0.2) is 0 Å². The molecule has 2 aliphatic rings. The van der Waals surface area contributed by atoms with Crippen LogP contribution in [0.1, 0.15) is 42.5 Å². The Morgan fingerprint density at radius 1 is 1.31 bits per heavy atom. The van der Waals surface area contributed by atoms with E-state index in [4.69, 9.17) is 0 Å². The summed E-state index contributed by atoms with van der Waals surface area (Å²) in [7, 11) is 0. The van der Waals surface area contributed by atoms with Gasteiger partial charge in [0.1, 0.15) is 0 Å². The minimum absolute atomic E-state index is 0.603. The molecule has 1 aromatic rings. The van der Waals surface area contributed by atoms with Crippen molar-refractivity contribution in [3.63, 3.8) is 0 Å². The fourth-order valence-electron chi connectivity index (χ4n) is 2.77. The molecule has 0 bridgehead atoms. The van der Waals surface area contributed by atoms with Crippen LogP contribution in [0.4, 0.5) is 0 Å². The zero-order valence-electron chi connectivity index (χ0n) is 9.88. The van der Waals surface area contributed by atoms with Crippen molar-refractivity contribution in [1.82, 2.24) is 5.32 Å². The molecule has 2 heteroatoms. The van der Waals surface area contributed by atoms with Crippen molar-refractivity contribution >= 4 is 11.8 Å². The molecule has 86 valence electrons. The van der Waals surface area contributed by atoms with E-state index in [1.807, 2.05) is 11.8 Å². The molecule has 1 nitrogen and oxygen atoms in total. The fraction of sp³-hybridized carbons (Fsp3) is 0.571. The average Bonchev–Trinajstić information content (AvgIpc) is 2.89. The SMILES string of the molecule is CCCNC1CSc2cc3c(cc21)CCC3. The summed E-state index contributed by atoms with van der Waals surface area (Å²) in [4.78, 5) is 1.54. The largest absolute Gasteiger partial charge is 0.309 e. The second kappa shape index (κ2) is 4.42. The van der Waals surface area contributed by atoms with Gasteiger partial charge >= 0.3 is 0 Å². The van der Waals surface area contributed by atoms with Crippen LogP contribution in [0, 0.1) is 0 Å². The Labute approximate surface area is 102 Å². The monoisotopic (exact) mass is 233 g/mol. The third-order valence-electron chi connectivity index (χ3n) is 3.65. The number of aryl methyl sites for hydroxylation is 2. The molecule has 16 heavy (non-hydrogen) atoms. The van der Waals surface area contributed by atoms with Gasteiger partial charge in [0, 0.05) is 16.7 Å². The summed E-state index contributed by atoms with van der Waals surface area (Å²) in [6, 6.07) is 5.53. The second-order valence-corrected chi connectivity index (χ2v) is 5.89. The lowest BCUT2D eigenvalue weighted by Crippen LogP contribution is -2.21. The number of hydrogen-bond acceptors (Lipinski definition) is 2. The maximum atomic E-state index is 3.66. The van der Waals surface area contributed by atoms with Crippen LogP contribution >= 0.6 is 11.8 Å². The molecule has 0 spiro atoms. The first kappa shape index (κ1) is 10.7. The number of fused-ring (bicyclic) bond motifs is 2. The lowest BCUT2D eigenvalue weighted by Gasteiger charge is -2.13. The zero-order valence-corrected chi connectivity index (χ0v) is 10.7. The Balaban J connectivity index is 1.88. The van der Waals surface area contributed by atoms with Gasteiger partial charge in [-0.2, -0.15) is 0 Å². The molecule has 0 amide bonds. The van der Waals surface area contributed by atoms with Crippen molar-refractivity contribution in [3.05, 3.63) is 28.8 Å². The fourth-order valence-corrected chi connectivity index (χ4v) is 4.01. The number of nitrogens with one attached hydrogen (secondary N) is 1. The molecule has 1 aliphatic carbocycles. The molecule has 1 aromatic carbocycles. The number of benzene rings is 1. The quantitative estimate of drug-likeness (QED) is 0.859. The molecule has 0 saturated carbocycles. The van der Waals surface area contributed by atoms with E-state index in [-0.39, 0.29) is 0 Å². The normalized spacial score (nSPS) is 22.2. The van der Waals surface area contributed by atoms with Crippen LogP contribution < -0.4 is 5.32 Å². The van der Waals surface area contributed by atoms with E-state index in [0.29, 0.717) is 6.04 Å². The summed E-state index contributed by atoms with van der Waals surface area (Å²) in [6.07, 6.45) is 5.18. The van der Waals surface area contributed by atoms with Crippen molar-refractivity contribution < 1.29 is 0 Å². The molecule has 1 atom stereocenters. The summed E-state index contributed by atoms with van der Waals surface area (Å²) < 4.78 is 0. The number of hydrogen-bond donors (Lipinski definition) is 1. The van der Waals surface area contributed by atoms with Gasteiger partial charge in [0.2, 0.25) is 0 Å². The maximum Gasteiger partial charge on any atom is 0.0426 e. The van der Waals surface area contributed by atoms with Crippen LogP contribution in [0.2, 0.25) is 0 Å². The second-order valence-electron chi connectivity index (χ2n) is 4.83. The summed E-state index contributed by atoms with van der Waals surface area (Å²) in [5.74, 6) is 1.22. The predicted molar refractivity (Wildman–Crippen MR) is 70.2 cm³/mol. The summed E-state index contributed by atoms with van der Waals surface area (Å²) in [5.41, 5.74) is 4.80. The summed E-state index contributed by atoms with van der Waals surface area (Å²) in [6.45, 7) is 3.38. The van der Waals surface area contributed by atoms with Gasteiger partial charge in [-0.05, 0) is 55.0 Å². The molecular formula is C14H19NS. The zero-order chi connectivity index (χ0) is 11.0. The maximum absolute atomic E-state index is 3.66. The highest BCUT2D eigenvalue weighted by atomic mass is 32.2. The molecule has 3 rings (SSSR count). The standard InChI is InChI=1S/C14H19NS/c1-2-6-15-13-9-16-14-8-11-5-3-4-10(11)7-12(13)14/h7-8,13,15H,2-6,9H2,1H3. The molecule has 1 heterocycles. The Kier molecular flexibility index (Phi) is 2.95. The minimum Gasteiger partial charge on any atom is -0.309 e. The van der Waals surface area contributed by atoms with Gasteiger partial charge in [-0.25, -0.2) is 0 Å². The first-order valence-corrected chi connectivity index (χ1v) is 7.39. The van der Waals surface area contributed by atoms with Gasteiger partial charge in [0.25, 0.3) is 0 Å². The van der Waals surface area contributed by atoms with Crippen molar-refractivity contribution in [3.8, 4) is 0 Å². The number of thioether (sulfide) groups is 1. The number of rotatable bonds is 3. The first-order chi connectivity index (χ1) is 7.88. The Morgan fingerprint density at radius 2 is 2.12 bits per heavy atom. The van der Waals surface area contributed by atoms with Gasteiger partial charge in [-0.3, -0.25) is 0 Å². The van der Waals surface area contributed by atoms with Gasteiger partial charge < -0.3 is 5.32 Å². The van der Waals surface area contributed by atoms with Crippen molar-refractivity contribution in [2.45, 2.75) is 43.5 Å². The van der Waals surface area contributed by atoms with Crippen LogP contribution in [0.3, 0.4) is 0 Å². The Bertz CT molecular complexity index is 400. The third kappa shape index (κ3) is 1.78. The van der Waals surface area contributed by atoms with Crippen molar-refractivity contribution in [2.24, 2.45) is 0 Å². The highest BCUT2D eigenvalue weighted by Gasteiger charge is 2.25.